The van der Waals surface area contributed by atoms with Gasteiger partial charge in [0.25, 0.3) is 10.0 Å². The van der Waals surface area contributed by atoms with Crippen molar-refractivity contribution in [1.82, 2.24) is 10.2 Å². The molecule has 1 unspecified atom stereocenters. The first-order chi connectivity index (χ1) is 22.1. The molecular formula is C36H38F3N3O4S. The maximum absolute atomic E-state index is 14.5. The molecular weight excluding hydrogens is 627 g/mol. The third kappa shape index (κ3) is 9.22. The Morgan fingerprint density at radius 1 is 0.787 bits per heavy atom. The van der Waals surface area contributed by atoms with Crippen molar-refractivity contribution in [2.75, 3.05) is 10.8 Å². The number of benzene rings is 4. The monoisotopic (exact) mass is 665 g/mol. The van der Waals surface area contributed by atoms with Gasteiger partial charge in [0.15, 0.2) is 0 Å². The molecule has 47 heavy (non-hydrogen) atoms. The number of nitrogens with zero attached hydrogens (tertiary/aromatic N) is 2. The van der Waals surface area contributed by atoms with Gasteiger partial charge in [0.1, 0.15) is 12.6 Å². The van der Waals surface area contributed by atoms with Crippen LogP contribution in [0.2, 0.25) is 0 Å². The van der Waals surface area contributed by atoms with Crippen molar-refractivity contribution in [2.45, 2.75) is 63.8 Å². The van der Waals surface area contributed by atoms with Crippen LogP contribution in [0.1, 0.15) is 41.7 Å². The SMILES string of the molecule is Cc1ccc(CN(C(=O)CN(c2cccc(C(F)(F)F)c2)S(=O)(=O)c2ccc(C)cc2)C(Cc2ccccc2)C(=O)NC(C)C)cc1. The van der Waals surface area contributed by atoms with Gasteiger partial charge in [-0.25, -0.2) is 8.42 Å². The summed E-state index contributed by atoms with van der Waals surface area (Å²) in [6.07, 6.45) is -4.64. The molecule has 0 bridgehead atoms. The summed E-state index contributed by atoms with van der Waals surface area (Å²) in [5, 5.41) is 2.87. The minimum absolute atomic E-state index is 0.0524. The van der Waals surface area contributed by atoms with Crippen LogP contribution in [0, 0.1) is 13.8 Å². The van der Waals surface area contributed by atoms with E-state index < -0.39 is 46.2 Å². The summed E-state index contributed by atoms with van der Waals surface area (Å²) in [5.41, 5.74) is 1.79. The van der Waals surface area contributed by atoms with Crippen LogP contribution in [-0.2, 0) is 38.8 Å². The van der Waals surface area contributed by atoms with Gasteiger partial charge in [0, 0.05) is 19.0 Å². The van der Waals surface area contributed by atoms with Crippen molar-refractivity contribution in [1.29, 1.82) is 0 Å². The maximum atomic E-state index is 14.5. The minimum Gasteiger partial charge on any atom is -0.352 e. The molecule has 0 aliphatic carbocycles. The number of halogens is 3. The Labute approximate surface area is 274 Å². The zero-order valence-corrected chi connectivity index (χ0v) is 27.5. The Kier molecular flexibility index (Phi) is 11.1. The van der Waals surface area contributed by atoms with Crippen molar-refractivity contribution < 1.29 is 31.2 Å². The molecule has 7 nitrogen and oxygen atoms in total. The second-order valence-electron chi connectivity index (χ2n) is 11.7. The lowest BCUT2D eigenvalue weighted by Gasteiger charge is -2.34. The van der Waals surface area contributed by atoms with E-state index >= 15 is 0 Å². The smallest absolute Gasteiger partial charge is 0.352 e. The van der Waals surface area contributed by atoms with E-state index in [1.807, 2.05) is 61.5 Å². The molecule has 1 atom stereocenters. The quantitative estimate of drug-likeness (QED) is 0.183. The average Bonchev–Trinajstić information content (AvgIpc) is 3.02. The molecule has 0 heterocycles. The van der Waals surface area contributed by atoms with E-state index in [-0.39, 0.29) is 29.6 Å². The Hall–Kier alpha value is -4.64. The molecule has 0 aliphatic rings. The van der Waals surface area contributed by atoms with Gasteiger partial charge in [-0.15, -0.1) is 0 Å². The summed E-state index contributed by atoms with van der Waals surface area (Å²) in [4.78, 5) is 29.3. The van der Waals surface area contributed by atoms with E-state index in [0.29, 0.717) is 15.9 Å². The fourth-order valence-corrected chi connectivity index (χ4v) is 6.43. The molecule has 0 spiro atoms. The Morgan fingerprint density at radius 2 is 1.38 bits per heavy atom. The zero-order chi connectivity index (χ0) is 34.4. The fraction of sp³-hybridized carbons (Fsp3) is 0.278. The van der Waals surface area contributed by atoms with Crippen LogP contribution in [0.3, 0.4) is 0 Å². The molecule has 4 aromatic carbocycles. The second kappa shape index (κ2) is 14.8. The highest BCUT2D eigenvalue weighted by Crippen LogP contribution is 2.33. The van der Waals surface area contributed by atoms with E-state index in [2.05, 4.69) is 5.32 Å². The minimum atomic E-state index is -4.76. The van der Waals surface area contributed by atoms with Crippen LogP contribution >= 0.6 is 0 Å². The van der Waals surface area contributed by atoms with Gasteiger partial charge in [-0.2, -0.15) is 13.2 Å². The number of amides is 2. The highest BCUT2D eigenvalue weighted by Gasteiger charge is 2.36. The number of anilines is 1. The number of alkyl halides is 3. The van der Waals surface area contributed by atoms with Gasteiger partial charge in [-0.3, -0.25) is 13.9 Å². The van der Waals surface area contributed by atoms with Crippen LogP contribution < -0.4 is 9.62 Å². The molecule has 0 fully saturated rings. The highest BCUT2D eigenvalue weighted by atomic mass is 32.2. The summed E-state index contributed by atoms with van der Waals surface area (Å²) in [5.74, 6) is -1.21. The number of hydrogen-bond acceptors (Lipinski definition) is 4. The van der Waals surface area contributed by atoms with Crippen molar-refractivity contribution in [3.8, 4) is 0 Å². The average molecular weight is 666 g/mol. The number of nitrogens with one attached hydrogen (secondary N) is 1. The van der Waals surface area contributed by atoms with E-state index in [9.17, 15) is 31.2 Å². The fourth-order valence-electron chi connectivity index (χ4n) is 5.03. The lowest BCUT2D eigenvalue weighted by atomic mass is 10.0. The van der Waals surface area contributed by atoms with E-state index in [1.54, 1.807) is 32.9 Å². The van der Waals surface area contributed by atoms with Crippen LogP contribution in [0.25, 0.3) is 0 Å². The number of carbonyl (C=O) groups excluding carboxylic acids is 2. The molecule has 0 aromatic heterocycles. The van der Waals surface area contributed by atoms with Crippen molar-refractivity contribution in [3.05, 3.63) is 131 Å². The Morgan fingerprint density at radius 3 is 1.96 bits per heavy atom. The topological polar surface area (TPSA) is 86.8 Å². The largest absolute Gasteiger partial charge is 0.416 e. The predicted octanol–water partition coefficient (Wildman–Crippen LogP) is 6.68. The summed E-state index contributed by atoms with van der Waals surface area (Å²) in [6.45, 7) is 6.33. The van der Waals surface area contributed by atoms with E-state index in [0.717, 1.165) is 28.8 Å². The summed E-state index contributed by atoms with van der Waals surface area (Å²) < 4.78 is 70.2. The Balaban J connectivity index is 1.84. The van der Waals surface area contributed by atoms with E-state index in [4.69, 9.17) is 0 Å². The van der Waals surface area contributed by atoms with Crippen LogP contribution in [0.4, 0.5) is 18.9 Å². The number of carbonyl (C=O) groups is 2. The number of aryl methyl sites for hydroxylation is 2. The Bertz CT molecular complexity index is 1780. The second-order valence-corrected chi connectivity index (χ2v) is 13.6. The third-order valence-corrected chi connectivity index (χ3v) is 9.31. The van der Waals surface area contributed by atoms with Crippen molar-refractivity contribution >= 4 is 27.5 Å². The van der Waals surface area contributed by atoms with Crippen LogP contribution in [-0.4, -0.2) is 43.8 Å². The predicted molar refractivity (Wildman–Crippen MR) is 176 cm³/mol. The number of rotatable bonds is 12. The zero-order valence-electron chi connectivity index (χ0n) is 26.7. The van der Waals surface area contributed by atoms with Gasteiger partial charge in [-0.1, -0.05) is 83.9 Å². The van der Waals surface area contributed by atoms with Crippen molar-refractivity contribution in [2.24, 2.45) is 0 Å². The third-order valence-electron chi connectivity index (χ3n) is 7.52. The molecule has 2 amide bonds. The normalized spacial score (nSPS) is 12.4. The molecule has 0 radical (unpaired) electrons. The molecule has 248 valence electrons. The van der Waals surface area contributed by atoms with Gasteiger partial charge in [0.2, 0.25) is 11.8 Å². The first-order valence-electron chi connectivity index (χ1n) is 15.1. The summed E-state index contributed by atoms with van der Waals surface area (Å²) in [6, 6.07) is 24.7. The summed E-state index contributed by atoms with van der Waals surface area (Å²) in [7, 11) is -4.55. The summed E-state index contributed by atoms with van der Waals surface area (Å²) >= 11 is 0. The van der Waals surface area contributed by atoms with Gasteiger partial charge in [-0.05, 0) is 69.2 Å². The molecule has 0 aliphatic heterocycles. The molecule has 4 aromatic rings. The molecule has 11 heteroatoms. The number of hydrogen-bond donors (Lipinski definition) is 1. The highest BCUT2D eigenvalue weighted by molar-refractivity contribution is 7.92. The van der Waals surface area contributed by atoms with Gasteiger partial charge >= 0.3 is 6.18 Å². The first kappa shape index (κ1) is 35.2. The molecule has 4 rings (SSSR count). The molecule has 0 saturated carbocycles. The molecule has 1 N–H and O–H groups in total. The van der Waals surface area contributed by atoms with Crippen LogP contribution in [0.15, 0.2) is 108 Å². The van der Waals surface area contributed by atoms with Crippen LogP contribution in [0.5, 0.6) is 0 Å². The number of sulfonamides is 1. The lowest BCUT2D eigenvalue weighted by Crippen LogP contribution is -2.54. The van der Waals surface area contributed by atoms with Gasteiger partial charge in [0.05, 0.1) is 16.1 Å². The van der Waals surface area contributed by atoms with Crippen molar-refractivity contribution in [3.63, 3.8) is 0 Å². The molecule has 0 saturated heterocycles. The maximum Gasteiger partial charge on any atom is 0.416 e. The standard InChI is InChI=1S/C36H38F3N3O4S/c1-25(2)40-35(44)33(21-28-9-6-5-7-10-28)41(23-29-17-13-26(3)14-18-29)34(43)24-42(31-12-8-11-30(22-31)36(37,38)39)47(45,46)32-19-15-27(4)16-20-32/h5-20,22,25,33H,21,23-24H2,1-4H3,(H,40,44). The lowest BCUT2D eigenvalue weighted by molar-refractivity contribution is -0.140. The van der Waals surface area contributed by atoms with Gasteiger partial charge < -0.3 is 10.2 Å². The van der Waals surface area contributed by atoms with E-state index in [1.165, 1.54) is 23.1 Å². The first-order valence-corrected chi connectivity index (χ1v) is 16.5.